The summed E-state index contributed by atoms with van der Waals surface area (Å²) in [7, 11) is 0. The Morgan fingerprint density at radius 2 is 2.27 bits per heavy atom. The summed E-state index contributed by atoms with van der Waals surface area (Å²) >= 11 is 1.66. The summed E-state index contributed by atoms with van der Waals surface area (Å²) in [5.41, 5.74) is 2.22. The van der Waals surface area contributed by atoms with Gasteiger partial charge >= 0.3 is 0 Å². The van der Waals surface area contributed by atoms with Crippen LogP contribution in [0.25, 0.3) is 0 Å². The molecule has 1 atom stereocenters. The number of amides is 1. The molecule has 4 rings (SSSR count). The van der Waals surface area contributed by atoms with E-state index in [-0.39, 0.29) is 11.8 Å². The minimum Gasteiger partial charge on any atom is -0.311 e. The molecule has 0 saturated heterocycles. The second-order valence-electron chi connectivity index (χ2n) is 6.64. The minimum atomic E-state index is 0.0502. The second kappa shape index (κ2) is 5.19. The molecule has 1 aliphatic carbocycles. The van der Waals surface area contributed by atoms with E-state index in [1.54, 1.807) is 11.3 Å². The van der Waals surface area contributed by atoms with Crippen molar-refractivity contribution in [1.82, 2.24) is 14.8 Å². The number of hydrogen-bond acceptors (Lipinski definition) is 4. The van der Waals surface area contributed by atoms with E-state index >= 15 is 0 Å². The average molecular weight is 316 g/mol. The number of hydrogen-bond donors (Lipinski definition) is 1. The van der Waals surface area contributed by atoms with Crippen molar-refractivity contribution < 1.29 is 4.79 Å². The Morgan fingerprint density at radius 3 is 2.95 bits per heavy atom. The standard InChI is InChI=1S/C16H20N4OS/c1-9(2)13-8-22-16(18-13)11-5-14(21)19-15-12(11)6-17-20(15)7-10-3-4-10/h6,8-11H,3-5,7H2,1-2H3,(H,19,21)/t11-/m1/s1. The Hall–Kier alpha value is -1.69. The van der Waals surface area contributed by atoms with E-state index in [1.807, 2.05) is 10.9 Å². The Morgan fingerprint density at radius 1 is 1.45 bits per heavy atom. The molecule has 2 aliphatic rings. The molecular weight excluding hydrogens is 296 g/mol. The van der Waals surface area contributed by atoms with Crippen LogP contribution in [-0.4, -0.2) is 20.7 Å². The van der Waals surface area contributed by atoms with Crippen LogP contribution in [0.2, 0.25) is 0 Å². The lowest BCUT2D eigenvalue weighted by Gasteiger charge is -2.22. The predicted molar refractivity (Wildman–Crippen MR) is 86.2 cm³/mol. The first-order valence-corrected chi connectivity index (χ1v) is 8.80. The molecule has 22 heavy (non-hydrogen) atoms. The average Bonchev–Trinajstić information content (AvgIpc) is 2.99. The summed E-state index contributed by atoms with van der Waals surface area (Å²) < 4.78 is 1.97. The van der Waals surface area contributed by atoms with Gasteiger partial charge in [-0.05, 0) is 24.7 Å². The summed E-state index contributed by atoms with van der Waals surface area (Å²) in [6.45, 7) is 5.20. The molecule has 1 amide bonds. The van der Waals surface area contributed by atoms with Gasteiger partial charge in [-0.2, -0.15) is 5.10 Å². The van der Waals surface area contributed by atoms with Crippen molar-refractivity contribution in [3.8, 4) is 0 Å². The summed E-state index contributed by atoms with van der Waals surface area (Å²) in [6.07, 6.45) is 4.93. The van der Waals surface area contributed by atoms with Crippen molar-refractivity contribution in [2.24, 2.45) is 5.92 Å². The maximum atomic E-state index is 12.1. The molecule has 1 aliphatic heterocycles. The number of carbonyl (C=O) groups excluding carboxylic acids is 1. The van der Waals surface area contributed by atoms with Gasteiger partial charge in [-0.25, -0.2) is 9.67 Å². The van der Waals surface area contributed by atoms with Crippen molar-refractivity contribution >= 4 is 23.1 Å². The molecule has 2 aromatic heterocycles. The largest absolute Gasteiger partial charge is 0.311 e. The summed E-state index contributed by atoms with van der Waals surface area (Å²) in [5, 5.41) is 10.7. The fraction of sp³-hybridized carbons (Fsp3) is 0.562. The minimum absolute atomic E-state index is 0.0502. The first-order valence-electron chi connectivity index (χ1n) is 7.92. The zero-order valence-corrected chi connectivity index (χ0v) is 13.7. The van der Waals surface area contributed by atoms with Crippen molar-refractivity contribution in [3.05, 3.63) is 27.8 Å². The quantitative estimate of drug-likeness (QED) is 0.941. The lowest BCUT2D eigenvalue weighted by Crippen LogP contribution is -2.25. The Bertz CT molecular complexity index is 714. The number of thiazole rings is 1. The highest BCUT2D eigenvalue weighted by molar-refractivity contribution is 7.09. The summed E-state index contributed by atoms with van der Waals surface area (Å²) in [6, 6.07) is 0. The van der Waals surface area contributed by atoms with Gasteiger partial charge in [0, 0.05) is 29.8 Å². The third kappa shape index (κ3) is 2.45. The molecule has 0 radical (unpaired) electrons. The van der Waals surface area contributed by atoms with Gasteiger partial charge in [-0.15, -0.1) is 11.3 Å². The molecule has 1 fully saturated rings. The third-order valence-corrected chi connectivity index (χ3v) is 5.42. The molecule has 0 unspecified atom stereocenters. The first kappa shape index (κ1) is 13.9. The van der Waals surface area contributed by atoms with Crippen molar-refractivity contribution in [2.75, 3.05) is 5.32 Å². The lowest BCUT2D eigenvalue weighted by molar-refractivity contribution is -0.116. The molecule has 116 valence electrons. The van der Waals surface area contributed by atoms with Gasteiger partial charge in [0.15, 0.2) is 0 Å². The first-order chi connectivity index (χ1) is 10.6. The highest BCUT2D eigenvalue weighted by Crippen LogP contribution is 2.40. The highest BCUT2D eigenvalue weighted by Gasteiger charge is 2.33. The van der Waals surface area contributed by atoms with Crippen LogP contribution in [0.1, 0.15) is 61.2 Å². The summed E-state index contributed by atoms with van der Waals surface area (Å²) in [4.78, 5) is 16.9. The molecular formula is C16H20N4OS. The van der Waals surface area contributed by atoms with E-state index in [1.165, 1.54) is 12.8 Å². The molecule has 1 N–H and O–H groups in total. The van der Waals surface area contributed by atoms with Crippen molar-refractivity contribution in [2.45, 2.75) is 51.5 Å². The number of fused-ring (bicyclic) bond motifs is 1. The summed E-state index contributed by atoms with van der Waals surface area (Å²) in [5.74, 6) is 2.15. The van der Waals surface area contributed by atoms with E-state index in [9.17, 15) is 4.79 Å². The Balaban J connectivity index is 1.69. The van der Waals surface area contributed by atoms with Crippen LogP contribution in [0.3, 0.4) is 0 Å². The maximum Gasteiger partial charge on any atom is 0.226 e. The Kier molecular flexibility index (Phi) is 3.29. The molecule has 1 saturated carbocycles. The van der Waals surface area contributed by atoms with Gasteiger partial charge in [0.05, 0.1) is 11.9 Å². The molecule has 0 aromatic carbocycles. The lowest BCUT2D eigenvalue weighted by atomic mass is 9.95. The van der Waals surface area contributed by atoms with E-state index < -0.39 is 0 Å². The number of nitrogens with one attached hydrogen (secondary N) is 1. The zero-order chi connectivity index (χ0) is 15.3. The van der Waals surface area contributed by atoms with Gasteiger partial charge in [-0.1, -0.05) is 13.8 Å². The monoisotopic (exact) mass is 316 g/mol. The van der Waals surface area contributed by atoms with Gasteiger partial charge in [0.2, 0.25) is 5.91 Å². The van der Waals surface area contributed by atoms with E-state index in [0.29, 0.717) is 12.3 Å². The van der Waals surface area contributed by atoms with Crippen LogP contribution in [0.4, 0.5) is 5.82 Å². The molecule has 3 heterocycles. The van der Waals surface area contributed by atoms with Gasteiger partial charge in [-0.3, -0.25) is 4.79 Å². The molecule has 2 aromatic rings. The molecule has 0 bridgehead atoms. The zero-order valence-electron chi connectivity index (χ0n) is 12.9. The van der Waals surface area contributed by atoms with Crippen LogP contribution in [-0.2, 0) is 11.3 Å². The van der Waals surface area contributed by atoms with Crippen LogP contribution in [0.5, 0.6) is 0 Å². The molecule has 5 nitrogen and oxygen atoms in total. The highest BCUT2D eigenvalue weighted by atomic mass is 32.1. The van der Waals surface area contributed by atoms with Gasteiger partial charge < -0.3 is 5.32 Å². The molecule has 6 heteroatoms. The predicted octanol–water partition coefficient (Wildman–Crippen LogP) is 3.35. The SMILES string of the molecule is CC(C)c1csc([C@@H]2CC(=O)Nc3c2cnn3CC2CC2)n1. The molecule has 0 spiro atoms. The van der Waals surface area contributed by atoms with Crippen LogP contribution < -0.4 is 5.32 Å². The number of aromatic nitrogens is 3. The van der Waals surface area contributed by atoms with Crippen molar-refractivity contribution in [1.29, 1.82) is 0 Å². The van der Waals surface area contributed by atoms with E-state index in [2.05, 4.69) is 29.6 Å². The Labute approximate surface area is 133 Å². The topological polar surface area (TPSA) is 59.8 Å². The maximum absolute atomic E-state index is 12.1. The fourth-order valence-corrected chi connectivity index (χ4v) is 4.00. The number of rotatable bonds is 4. The van der Waals surface area contributed by atoms with Crippen molar-refractivity contribution in [3.63, 3.8) is 0 Å². The van der Waals surface area contributed by atoms with E-state index in [4.69, 9.17) is 4.98 Å². The number of anilines is 1. The van der Waals surface area contributed by atoms with Gasteiger partial charge in [0.25, 0.3) is 0 Å². The third-order valence-electron chi connectivity index (χ3n) is 4.45. The number of nitrogens with zero attached hydrogens (tertiary/aromatic N) is 3. The van der Waals surface area contributed by atoms with Crippen LogP contribution >= 0.6 is 11.3 Å². The van der Waals surface area contributed by atoms with Gasteiger partial charge in [0.1, 0.15) is 10.8 Å². The van der Waals surface area contributed by atoms with Crippen LogP contribution in [0, 0.1) is 5.92 Å². The fourth-order valence-electron chi connectivity index (χ4n) is 2.90. The normalized spacial score (nSPS) is 21.0. The second-order valence-corrected chi connectivity index (χ2v) is 7.53. The van der Waals surface area contributed by atoms with Crippen LogP contribution in [0.15, 0.2) is 11.6 Å². The number of carbonyl (C=O) groups is 1. The van der Waals surface area contributed by atoms with E-state index in [0.717, 1.165) is 34.5 Å². The smallest absolute Gasteiger partial charge is 0.226 e.